The molecule has 1 aromatic carbocycles. The van der Waals surface area contributed by atoms with Crippen LogP contribution in [0, 0.1) is 11.8 Å². The van der Waals surface area contributed by atoms with Gasteiger partial charge < -0.3 is 15.5 Å². The molecule has 2 fully saturated rings. The highest BCUT2D eigenvalue weighted by atomic mass is 35.5. The van der Waals surface area contributed by atoms with Crippen molar-refractivity contribution >= 4 is 42.3 Å². The molecule has 0 bridgehead atoms. The van der Waals surface area contributed by atoms with E-state index >= 15 is 0 Å². The van der Waals surface area contributed by atoms with Gasteiger partial charge in [-0.05, 0) is 42.2 Å². The van der Waals surface area contributed by atoms with Crippen LogP contribution in [-0.2, 0) is 0 Å². The Kier molecular flexibility index (Phi) is 7.18. The molecule has 27 heavy (non-hydrogen) atoms. The van der Waals surface area contributed by atoms with Crippen molar-refractivity contribution in [3.63, 3.8) is 0 Å². The average molecular weight is 409 g/mol. The molecule has 2 amide bonds. The fraction of sp³-hybridized carbons (Fsp3) is 0.316. The smallest absolute Gasteiger partial charge is 0.257 e. The summed E-state index contributed by atoms with van der Waals surface area (Å²) in [5.74, 6) is 0.932. The lowest BCUT2D eigenvalue weighted by atomic mass is 10.0. The van der Waals surface area contributed by atoms with Crippen LogP contribution in [0.25, 0.3) is 0 Å². The van der Waals surface area contributed by atoms with Crippen LogP contribution in [-0.4, -0.2) is 47.9 Å². The second-order valence-electron chi connectivity index (χ2n) is 6.67. The molecule has 2 aliphatic heterocycles. The van der Waals surface area contributed by atoms with Gasteiger partial charge in [0.1, 0.15) is 0 Å². The summed E-state index contributed by atoms with van der Waals surface area (Å²) >= 11 is 0. The first-order chi connectivity index (χ1) is 12.2. The number of rotatable bonds is 3. The molecule has 3 heterocycles. The van der Waals surface area contributed by atoms with E-state index in [1.807, 2.05) is 4.90 Å². The van der Waals surface area contributed by atoms with Gasteiger partial charge in [-0.2, -0.15) is 0 Å². The third-order valence-corrected chi connectivity index (χ3v) is 4.97. The molecule has 2 N–H and O–H groups in total. The van der Waals surface area contributed by atoms with Crippen LogP contribution in [0.5, 0.6) is 0 Å². The maximum Gasteiger partial charge on any atom is 0.257 e. The maximum absolute atomic E-state index is 12.8. The number of carbonyl (C=O) groups is 2. The number of nitrogens with one attached hydrogen (secondary N) is 2. The minimum atomic E-state index is -0.237. The number of hydrogen-bond acceptors (Lipinski definition) is 4. The van der Waals surface area contributed by atoms with Gasteiger partial charge in [0.05, 0.1) is 5.56 Å². The summed E-state index contributed by atoms with van der Waals surface area (Å²) in [5.41, 5.74) is 1.71. The van der Waals surface area contributed by atoms with E-state index in [1.165, 1.54) is 6.20 Å². The van der Waals surface area contributed by atoms with Crippen LogP contribution in [0.4, 0.5) is 5.69 Å². The Hall–Kier alpha value is -2.15. The quantitative estimate of drug-likeness (QED) is 0.817. The molecule has 6 nitrogen and oxygen atoms in total. The number of benzene rings is 1. The molecule has 1 aromatic heterocycles. The molecule has 8 heteroatoms. The Morgan fingerprint density at radius 2 is 1.74 bits per heavy atom. The van der Waals surface area contributed by atoms with Crippen molar-refractivity contribution < 1.29 is 9.59 Å². The van der Waals surface area contributed by atoms with Gasteiger partial charge in [0.15, 0.2) is 0 Å². The Labute approximate surface area is 170 Å². The predicted molar refractivity (Wildman–Crippen MR) is 109 cm³/mol. The van der Waals surface area contributed by atoms with E-state index in [4.69, 9.17) is 0 Å². The van der Waals surface area contributed by atoms with Crippen molar-refractivity contribution in [3.05, 3.63) is 59.9 Å². The number of carbonyl (C=O) groups excluding carboxylic acids is 2. The number of hydrogen-bond donors (Lipinski definition) is 2. The lowest BCUT2D eigenvalue weighted by molar-refractivity contribution is 0.0781. The molecule has 4 rings (SSSR count). The normalized spacial score (nSPS) is 20.2. The fourth-order valence-corrected chi connectivity index (χ4v) is 3.63. The largest absolute Gasteiger partial charge is 0.338 e. The van der Waals surface area contributed by atoms with E-state index in [0.29, 0.717) is 28.7 Å². The van der Waals surface area contributed by atoms with E-state index in [2.05, 4.69) is 15.6 Å². The van der Waals surface area contributed by atoms with Gasteiger partial charge in [0, 0.05) is 49.8 Å². The summed E-state index contributed by atoms with van der Waals surface area (Å²) in [6, 6.07) is 10.5. The minimum absolute atomic E-state index is 0. The van der Waals surface area contributed by atoms with Crippen LogP contribution in [0.1, 0.15) is 20.7 Å². The minimum Gasteiger partial charge on any atom is -0.338 e. The monoisotopic (exact) mass is 408 g/mol. The van der Waals surface area contributed by atoms with Crippen LogP contribution in [0.3, 0.4) is 0 Å². The molecule has 0 unspecified atom stereocenters. The summed E-state index contributed by atoms with van der Waals surface area (Å²) in [7, 11) is 0. The van der Waals surface area contributed by atoms with Crippen LogP contribution in [0.15, 0.2) is 48.8 Å². The summed E-state index contributed by atoms with van der Waals surface area (Å²) in [4.78, 5) is 30.9. The number of aromatic nitrogens is 1. The number of anilines is 1. The van der Waals surface area contributed by atoms with Crippen molar-refractivity contribution in [2.75, 3.05) is 31.5 Å². The van der Waals surface area contributed by atoms with Gasteiger partial charge in [-0.25, -0.2) is 0 Å². The Morgan fingerprint density at radius 1 is 1.04 bits per heavy atom. The number of fused-ring (bicyclic) bond motifs is 1. The van der Waals surface area contributed by atoms with Crippen LogP contribution < -0.4 is 10.6 Å². The average Bonchev–Trinajstić information content (AvgIpc) is 3.24. The highest BCUT2D eigenvalue weighted by Crippen LogP contribution is 2.27. The van der Waals surface area contributed by atoms with E-state index < -0.39 is 0 Å². The second-order valence-corrected chi connectivity index (χ2v) is 6.67. The highest BCUT2D eigenvalue weighted by Gasteiger charge is 2.38. The van der Waals surface area contributed by atoms with E-state index in [1.54, 1.807) is 42.6 Å². The zero-order valence-corrected chi connectivity index (χ0v) is 16.3. The van der Waals surface area contributed by atoms with E-state index in [0.717, 1.165) is 26.2 Å². The Balaban J connectivity index is 0.00000131. The van der Waals surface area contributed by atoms with Crippen molar-refractivity contribution in [2.45, 2.75) is 0 Å². The molecular weight excluding hydrogens is 387 g/mol. The maximum atomic E-state index is 12.8. The van der Waals surface area contributed by atoms with Crippen molar-refractivity contribution in [2.24, 2.45) is 11.8 Å². The summed E-state index contributed by atoms with van der Waals surface area (Å²) < 4.78 is 0. The van der Waals surface area contributed by atoms with Crippen LogP contribution >= 0.6 is 24.8 Å². The van der Waals surface area contributed by atoms with Gasteiger partial charge in [0.2, 0.25) is 0 Å². The van der Waals surface area contributed by atoms with Gasteiger partial charge in [-0.3, -0.25) is 14.6 Å². The molecule has 2 saturated heterocycles. The number of pyridine rings is 1. The molecule has 0 spiro atoms. The number of nitrogens with zero attached hydrogens (tertiary/aromatic N) is 2. The Bertz CT molecular complexity index is 791. The first kappa shape index (κ1) is 21.2. The molecule has 144 valence electrons. The van der Waals surface area contributed by atoms with Gasteiger partial charge in [-0.15, -0.1) is 24.8 Å². The predicted octanol–water partition coefficient (Wildman–Crippen LogP) is 2.47. The molecule has 0 saturated carbocycles. The summed E-state index contributed by atoms with van der Waals surface area (Å²) in [6.45, 7) is 3.61. The lowest BCUT2D eigenvalue weighted by Crippen LogP contribution is -2.31. The highest BCUT2D eigenvalue weighted by molar-refractivity contribution is 6.05. The van der Waals surface area contributed by atoms with Crippen molar-refractivity contribution in [1.29, 1.82) is 0 Å². The Morgan fingerprint density at radius 3 is 2.41 bits per heavy atom. The van der Waals surface area contributed by atoms with Crippen molar-refractivity contribution in [3.8, 4) is 0 Å². The SMILES string of the molecule is Cl.Cl.O=C(Nc1cccc(C(=O)N2C[C@H]3CNC[C@H]3C2)c1)c1cccnc1. The standard InChI is InChI=1S/C19H20N4O2.2ClH/c24-18(14-4-2-6-20-8-14)22-17-5-1-3-13(7-17)19(25)23-11-15-9-21-10-16(15)12-23;;/h1-8,15-16,21H,9-12H2,(H,22,24);2*1H/t15-,16+;;. The topological polar surface area (TPSA) is 74.3 Å². The van der Waals surface area contributed by atoms with Gasteiger partial charge in [0.25, 0.3) is 11.8 Å². The van der Waals surface area contributed by atoms with E-state index in [-0.39, 0.29) is 36.6 Å². The molecule has 0 radical (unpaired) electrons. The van der Waals surface area contributed by atoms with Gasteiger partial charge >= 0.3 is 0 Å². The van der Waals surface area contributed by atoms with E-state index in [9.17, 15) is 9.59 Å². The van der Waals surface area contributed by atoms with Crippen molar-refractivity contribution in [1.82, 2.24) is 15.2 Å². The molecule has 0 aliphatic carbocycles. The summed E-state index contributed by atoms with van der Waals surface area (Å²) in [5, 5.41) is 6.20. The molecular formula is C19H22Cl2N4O2. The number of likely N-dealkylation sites (tertiary alicyclic amines) is 1. The molecule has 2 atom stereocenters. The zero-order chi connectivity index (χ0) is 17.2. The first-order valence-corrected chi connectivity index (χ1v) is 8.52. The summed E-state index contributed by atoms with van der Waals surface area (Å²) in [6.07, 6.45) is 3.14. The number of halogens is 2. The van der Waals surface area contributed by atoms with Crippen LogP contribution in [0.2, 0.25) is 0 Å². The number of amides is 2. The lowest BCUT2D eigenvalue weighted by Gasteiger charge is -2.18. The second kappa shape index (κ2) is 9.17. The van der Waals surface area contributed by atoms with Gasteiger partial charge in [-0.1, -0.05) is 6.07 Å². The zero-order valence-electron chi connectivity index (χ0n) is 14.6. The third kappa shape index (κ3) is 4.58. The first-order valence-electron chi connectivity index (χ1n) is 8.52. The molecule has 2 aromatic rings. The third-order valence-electron chi connectivity index (χ3n) is 4.97. The fourth-order valence-electron chi connectivity index (χ4n) is 3.63. The molecule has 2 aliphatic rings.